The van der Waals surface area contributed by atoms with Gasteiger partial charge in [-0.25, -0.2) is 9.67 Å². The average molecular weight is 297 g/mol. The van der Waals surface area contributed by atoms with E-state index in [1.54, 1.807) is 0 Å². The summed E-state index contributed by atoms with van der Waals surface area (Å²) < 4.78 is 38.8. The lowest BCUT2D eigenvalue weighted by molar-refractivity contribution is -0.141. The Morgan fingerprint density at radius 3 is 2.67 bits per heavy atom. The number of halogens is 3. The lowest BCUT2D eigenvalue weighted by Gasteiger charge is -2.09. The summed E-state index contributed by atoms with van der Waals surface area (Å²) >= 11 is 0. The van der Waals surface area contributed by atoms with Gasteiger partial charge in [0.25, 0.3) is 0 Å². The van der Waals surface area contributed by atoms with E-state index in [0.717, 1.165) is 22.4 Å². The second-order valence-electron chi connectivity index (χ2n) is 6.27. The molecule has 2 aromatic heterocycles. The summed E-state index contributed by atoms with van der Waals surface area (Å²) in [5.41, 5.74) is 2.19. The molecule has 1 saturated carbocycles. The van der Waals surface area contributed by atoms with E-state index in [-0.39, 0.29) is 0 Å². The predicted octanol–water partition coefficient (Wildman–Crippen LogP) is 4.06. The molecular formula is C15H18F3N3. The van der Waals surface area contributed by atoms with Gasteiger partial charge < -0.3 is 0 Å². The van der Waals surface area contributed by atoms with Crippen LogP contribution in [0.4, 0.5) is 13.2 Å². The first-order valence-electron chi connectivity index (χ1n) is 7.16. The van der Waals surface area contributed by atoms with E-state index in [1.807, 2.05) is 13.0 Å². The molecule has 0 aromatic carbocycles. The molecular weight excluding hydrogens is 279 g/mol. The monoisotopic (exact) mass is 297 g/mol. The van der Waals surface area contributed by atoms with Crippen molar-refractivity contribution in [3.8, 4) is 0 Å². The number of alkyl halides is 3. The number of hydrogen-bond donors (Lipinski definition) is 0. The van der Waals surface area contributed by atoms with Crippen molar-refractivity contribution in [2.24, 2.45) is 11.8 Å². The zero-order valence-corrected chi connectivity index (χ0v) is 12.3. The number of aromatic nitrogens is 3. The van der Waals surface area contributed by atoms with Crippen LogP contribution >= 0.6 is 0 Å². The molecule has 3 rings (SSSR count). The molecule has 0 spiro atoms. The highest BCUT2D eigenvalue weighted by atomic mass is 19.4. The first-order chi connectivity index (χ1) is 9.76. The Hall–Kier alpha value is -1.59. The van der Waals surface area contributed by atoms with Crippen LogP contribution in [0, 0.1) is 18.8 Å². The van der Waals surface area contributed by atoms with Crippen molar-refractivity contribution in [3.63, 3.8) is 0 Å². The SMILES string of the molecule is Cc1cc([C@H]2C[C@@H]2C(C)C)nc2c1cnn2CC(F)(F)F. The van der Waals surface area contributed by atoms with Gasteiger partial charge in [-0.15, -0.1) is 0 Å². The number of rotatable bonds is 3. The molecule has 0 unspecified atom stereocenters. The van der Waals surface area contributed by atoms with Crippen molar-refractivity contribution in [2.75, 3.05) is 0 Å². The zero-order chi connectivity index (χ0) is 15.4. The van der Waals surface area contributed by atoms with Gasteiger partial charge in [0, 0.05) is 17.0 Å². The van der Waals surface area contributed by atoms with Crippen LogP contribution in [0.15, 0.2) is 12.3 Å². The first-order valence-corrected chi connectivity index (χ1v) is 7.16. The minimum Gasteiger partial charge on any atom is -0.238 e. The maximum atomic E-state index is 12.6. The summed E-state index contributed by atoms with van der Waals surface area (Å²) in [6.45, 7) is 5.15. The van der Waals surface area contributed by atoms with E-state index < -0.39 is 12.7 Å². The number of hydrogen-bond acceptors (Lipinski definition) is 2. The second kappa shape index (κ2) is 4.71. The normalized spacial score (nSPS) is 22.2. The smallest absolute Gasteiger partial charge is 0.238 e. The van der Waals surface area contributed by atoms with E-state index in [9.17, 15) is 13.2 Å². The van der Waals surface area contributed by atoms with E-state index in [2.05, 4.69) is 23.9 Å². The van der Waals surface area contributed by atoms with Crippen LogP contribution in [0.25, 0.3) is 11.0 Å². The van der Waals surface area contributed by atoms with E-state index in [4.69, 9.17) is 0 Å². The predicted molar refractivity (Wildman–Crippen MR) is 74.0 cm³/mol. The van der Waals surface area contributed by atoms with Gasteiger partial charge in [0.2, 0.25) is 0 Å². The van der Waals surface area contributed by atoms with Crippen LogP contribution in [0.5, 0.6) is 0 Å². The van der Waals surface area contributed by atoms with E-state index in [0.29, 0.717) is 28.8 Å². The van der Waals surface area contributed by atoms with Crippen LogP contribution in [-0.4, -0.2) is 20.9 Å². The second-order valence-corrected chi connectivity index (χ2v) is 6.27. The molecule has 1 aliphatic rings. The molecule has 1 aliphatic carbocycles. The minimum absolute atomic E-state index is 0.344. The van der Waals surface area contributed by atoms with Gasteiger partial charge in [-0.1, -0.05) is 13.8 Å². The quantitative estimate of drug-likeness (QED) is 0.855. The maximum Gasteiger partial charge on any atom is 0.408 e. The van der Waals surface area contributed by atoms with Gasteiger partial charge in [0.1, 0.15) is 6.54 Å². The largest absolute Gasteiger partial charge is 0.408 e. The Morgan fingerprint density at radius 1 is 1.38 bits per heavy atom. The van der Waals surface area contributed by atoms with Gasteiger partial charge in [-0.3, -0.25) is 0 Å². The minimum atomic E-state index is -4.29. The Labute approximate surface area is 121 Å². The zero-order valence-electron chi connectivity index (χ0n) is 12.3. The Kier molecular flexibility index (Phi) is 3.22. The number of aryl methyl sites for hydroxylation is 1. The lowest BCUT2D eigenvalue weighted by Crippen LogP contribution is -2.19. The van der Waals surface area contributed by atoms with Crippen LogP contribution in [0.1, 0.15) is 37.4 Å². The third kappa shape index (κ3) is 2.76. The van der Waals surface area contributed by atoms with Crippen molar-refractivity contribution in [1.82, 2.24) is 14.8 Å². The molecule has 0 saturated heterocycles. The summed E-state index contributed by atoms with van der Waals surface area (Å²) in [5.74, 6) is 1.54. The van der Waals surface area contributed by atoms with Gasteiger partial charge in [0.15, 0.2) is 5.65 Å². The molecule has 3 nitrogen and oxygen atoms in total. The molecule has 114 valence electrons. The van der Waals surface area contributed by atoms with Crippen LogP contribution in [0.3, 0.4) is 0 Å². The third-order valence-corrected chi connectivity index (χ3v) is 4.24. The fourth-order valence-corrected chi connectivity index (χ4v) is 3.00. The van der Waals surface area contributed by atoms with E-state index in [1.165, 1.54) is 6.20 Å². The molecule has 0 N–H and O–H groups in total. The molecule has 2 atom stereocenters. The van der Waals surface area contributed by atoms with Crippen molar-refractivity contribution in [3.05, 3.63) is 23.5 Å². The van der Waals surface area contributed by atoms with Gasteiger partial charge in [0.05, 0.1) is 6.20 Å². The van der Waals surface area contributed by atoms with Crippen molar-refractivity contribution >= 4 is 11.0 Å². The molecule has 1 fully saturated rings. The fraction of sp³-hybridized carbons (Fsp3) is 0.600. The highest BCUT2D eigenvalue weighted by Crippen LogP contribution is 2.51. The Balaban J connectivity index is 2.00. The molecule has 0 amide bonds. The Bertz CT molecular complexity index is 673. The average Bonchev–Trinajstić information content (AvgIpc) is 3.06. The molecule has 6 heteroatoms. The van der Waals surface area contributed by atoms with Gasteiger partial charge in [-0.2, -0.15) is 18.3 Å². The molecule has 0 bridgehead atoms. The van der Waals surface area contributed by atoms with Crippen LogP contribution < -0.4 is 0 Å². The van der Waals surface area contributed by atoms with Gasteiger partial charge >= 0.3 is 6.18 Å². The summed E-state index contributed by atoms with van der Waals surface area (Å²) in [5, 5.41) is 4.55. The molecule has 2 heterocycles. The van der Waals surface area contributed by atoms with Crippen molar-refractivity contribution in [2.45, 2.75) is 45.8 Å². The number of pyridine rings is 1. The third-order valence-electron chi connectivity index (χ3n) is 4.24. The number of nitrogens with zero attached hydrogens (tertiary/aromatic N) is 3. The van der Waals surface area contributed by atoms with Crippen LogP contribution in [0.2, 0.25) is 0 Å². The fourth-order valence-electron chi connectivity index (χ4n) is 3.00. The summed E-state index contributed by atoms with van der Waals surface area (Å²) in [6, 6.07) is 2.00. The van der Waals surface area contributed by atoms with Crippen LogP contribution in [-0.2, 0) is 6.54 Å². The molecule has 2 aromatic rings. The van der Waals surface area contributed by atoms with Crippen molar-refractivity contribution < 1.29 is 13.2 Å². The highest BCUT2D eigenvalue weighted by molar-refractivity contribution is 5.78. The van der Waals surface area contributed by atoms with E-state index >= 15 is 0 Å². The molecule has 0 radical (unpaired) electrons. The summed E-state index contributed by atoms with van der Waals surface area (Å²) in [4.78, 5) is 4.48. The highest BCUT2D eigenvalue weighted by Gasteiger charge is 2.41. The topological polar surface area (TPSA) is 30.7 Å². The maximum absolute atomic E-state index is 12.6. The van der Waals surface area contributed by atoms with Crippen molar-refractivity contribution in [1.29, 1.82) is 0 Å². The Morgan fingerprint density at radius 2 is 2.10 bits per heavy atom. The summed E-state index contributed by atoms with van der Waals surface area (Å²) in [6.07, 6.45) is -1.74. The lowest BCUT2D eigenvalue weighted by atomic mass is 10.0. The number of fused-ring (bicyclic) bond motifs is 1. The molecule has 0 aliphatic heterocycles. The van der Waals surface area contributed by atoms with Gasteiger partial charge in [-0.05, 0) is 36.8 Å². The molecule has 21 heavy (non-hydrogen) atoms. The summed E-state index contributed by atoms with van der Waals surface area (Å²) in [7, 11) is 0. The first kappa shape index (κ1) is 14.4. The standard InChI is InChI=1S/C15H18F3N3/c1-8(2)10-5-11(10)13-4-9(3)12-6-19-21(14(12)20-13)7-15(16,17)18/h4,6,8,10-11H,5,7H2,1-3H3/t10-,11+/m1/s1.